The number of hydrogen-bond acceptors (Lipinski definition) is 3. The monoisotopic (exact) mass is 379 g/mol. The maximum atomic E-state index is 13.4. The zero-order valence-corrected chi connectivity index (χ0v) is 16.0. The number of benzene rings is 1. The quantitative estimate of drug-likeness (QED) is 0.891. The van der Waals surface area contributed by atoms with Gasteiger partial charge < -0.3 is 9.88 Å². The van der Waals surface area contributed by atoms with E-state index in [-0.39, 0.29) is 16.8 Å². The summed E-state index contributed by atoms with van der Waals surface area (Å²) in [5.41, 5.74) is 1.73. The molecular formula is C18H22FN3O3S. The van der Waals surface area contributed by atoms with E-state index in [1.54, 1.807) is 20.0 Å². The van der Waals surface area contributed by atoms with Crippen LogP contribution in [0.15, 0.2) is 29.3 Å². The van der Waals surface area contributed by atoms with Crippen molar-refractivity contribution in [2.75, 3.05) is 11.9 Å². The summed E-state index contributed by atoms with van der Waals surface area (Å²) in [5.74, 6) is -0.757. The lowest BCUT2D eigenvalue weighted by molar-refractivity contribution is 0.101. The molecular weight excluding hydrogens is 357 g/mol. The van der Waals surface area contributed by atoms with Crippen LogP contribution in [0.5, 0.6) is 0 Å². The van der Waals surface area contributed by atoms with Gasteiger partial charge in [0.25, 0.3) is 5.91 Å². The average Bonchev–Trinajstić information content (AvgIpc) is 2.88. The number of halogens is 1. The van der Waals surface area contributed by atoms with E-state index in [9.17, 15) is 17.6 Å². The molecule has 0 saturated heterocycles. The number of aryl methyl sites for hydroxylation is 2. The van der Waals surface area contributed by atoms with E-state index < -0.39 is 15.9 Å². The smallest absolute Gasteiger partial charge is 0.272 e. The first-order valence-corrected chi connectivity index (χ1v) is 9.84. The molecule has 2 aromatic rings. The van der Waals surface area contributed by atoms with Crippen molar-refractivity contribution >= 4 is 21.6 Å². The van der Waals surface area contributed by atoms with Crippen LogP contribution < -0.4 is 5.32 Å². The van der Waals surface area contributed by atoms with Crippen LogP contribution in [0.3, 0.4) is 0 Å². The molecule has 1 aliphatic rings. The standard InChI is InChI=1S/C18H22FN3O3S/c1-11(2)22-8-7-14-16(26(22,24)25)10-21(4)17(14)18(23)20-13-5-6-15(19)12(3)9-13/h5-6,9-11H,7-8H2,1-4H3,(H,20,23). The molecule has 0 fully saturated rings. The molecule has 140 valence electrons. The van der Waals surface area contributed by atoms with Gasteiger partial charge in [0.05, 0.1) is 0 Å². The zero-order chi connectivity index (χ0) is 19.2. The van der Waals surface area contributed by atoms with Crippen molar-refractivity contribution in [2.24, 2.45) is 7.05 Å². The maximum absolute atomic E-state index is 13.4. The average molecular weight is 379 g/mol. The van der Waals surface area contributed by atoms with Crippen LogP contribution in [-0.2, 0) is 23.5 Å². The highest BCUT2D eigenvalue weighted by Crippen LogP contribution is 2.31. The lowest BCUT2D eigenvalue weighted by Crippen LogP contribution is -2.41. The summed E-state index contributed by atoms with van der Waals surface area (Å²) < 4.78 is 42.0. The number of aromatic nitrogens is 1. The third-order valence-electron chi connectivity index (χ3n) is 4.62. The Balaban J connectivity index is 1.98. The molecule has 0 atom stereocenters. The first-order valence-electron chi connectivity index (χ1n) is 8.40. The minimum atomic E-state index is -3.62. The Hall–Kier alpha value is -2.19. The number of nitrogens with one attached hydrogen (secondary N) is 1. The van der Waals surface area contributed by atoms with Gasteiger partial charge in [-0.15, -0.1) is 0 Å². The van der Waals surface area contributed by atoms with Gasteiger partial charge in [-0.25, -0.2) is 12.8 Å². The number of carbonyl (C=O) groups is 1. The fraction of sp³-hybridized carbons (Fsp3) is 0.389. The van der Waals surface area contributed by atoms with Crippen molar-refractivity contribution in [3.8, 4) is 0 Å². The summed E-state index contributed by atoms with van der Waals surface area (Å²) in [4.78, 5) is 12.9. The molecule has 3 rings (SSSR count). The molecule has 1 amide bonds. The summed E-state index contributed by atoms with van der Waals surface area (Å²) in [5, 5.41) is 2.73. The number of sulfonamides is 1. The summed E-state index contributed by atoms with van der Waals surface area (Å²) in [6, 6.07) is 4.16. The second-order valence-corrected chi connectivity index (χ2v) is 8.67. The topological polar surface area (TPSA) is 71.4 Å². The van der Waals surface area contributed by atoms with Crippen LogP contribution in [0.4, 0.5) is 10.1 Å². The van der Waals surface area contributed by atoms with Gasteiger partial charge in [0, 0.05) is 37.1 Å². The molecule has 8 heteroatoms. The number of fused-ring (bicyclic) bond motifs is 1. The second-order valence-electron chi connectivity index (χ2n) is 6.81. The van der Waals surface area contributed by atoms with Crippen LogP contribution in [0, 0.1) is 12.7 Å². The van der Waals surface area contributed by atoms with E-state index >= 15 is 0 Å². The summed E-state index contributed by atoms with van der Waals surface area (Å²) in [6.07, 6.45) is 1.96. The molecule has 1 aromatic carbocycles. The molecule has 0 radical (unpaired) electrons. The first-order chi connectivity index (χ1) is 12.1. The maximum Gasteiger partial charge on any atom is 0.272 e. The highest BCUT2D eigenvalue weighted by Gasteiger charge is 2.37. The van der Waals surface area contributed by atoms with Crippen LogP contribution in [0.1, 0.15) is 35.5 Å². The molecule has 0 bridgehead atoms. The van der Waals surface area contributed by atoms with Crippen LogP contribution >= 0.6 is 0 Å². The predicted molar refractivity (Wildman–Crippen MR) is 97.2 cm³/mol. The number of hydrogen-bond donors (Lipinski definition) is 1. The zero-order valence-electron chi connectivity index (χ0n) is 15.2. The van der Waals surface area contributed by atoms with E-state index in [2.05, 4.69) is 5.32 Å². The second kappa shape index (κ2) is 6.51. The van der Waals surface area contributed by atoms with Gasteiger partial charge in [-0.2, -0.15) is 4.31 Å². The van der Waals surface area contributed by atoms with Crippen LogP contribution in [0.2, 0.25) is 0 Å². The number of amides is 1. The molecule has 0 spiro atoms. The van der Waals surface area contributed by atoms with Crippen LogP contribution in [-0.4, -0.2) is 35.8 Å². The molecule has 0 saturated carbocycles. The Morgan fingerprint density at radius 3 is 2.62 bits per heavy atom. The highest BCUT2D eigenvalue weighted by molar-refractivity contribution is 7.89. The van der Waals surface area contributed by atoms with E-state index in [1.165, 1.54) is 27.2 Å². The van der Waals surface area contributed by atoms with Gasteiger partial charge in [-0.1, -0.05) is 0 Å². The van der Waals surface area contributed by atoms with E-state index in [0.717, 1.165) is 0 Å². The lowest BCUT2D eigenvalue weighted by Gasteiger charge is -2.29. The largest absolute Gasteiger partial charge is 0.345 e. The van der Waals surface area contributed by atoms with Crippen molar-refractivity contribution in [2.45, 2.75) is 38.1 Å². The molecule has 2 heterocycles. The van der Waals surface area contributed by atoms with Gasteiger partial charge in [0.15, 0.2) is 0 Å². The summed E-state index contributed by atoms with van der Waals surface area (Å²) in [6.45, 7) is 5.61. The van der Waals surface area contributed by atoms with Crippen molar-refractivity contribution < 1.29 is 17.6 Å². The normalized spacial score (nSPS) is 16.5. The van der Waals surface area contributed by atoms with Crippen molar-refractivity contribution in [3.05, 3.63) is 47.0 Å². The number of carbonyl (C=O) groups excluding carboxylic acids is 1. The number of nitrogens with zero attached hydrogens (tertiary/aromatic N) is 2. The molecule has 1 aromatic heterocycles. The van der Waals surface area contributed by atoms with Gasteiger partial charge in [-0.05, 0) is 51.0 Å². The van der Waals surface area contributed by atoms with E-state index in [0.29, 0.717) is 35.5 Å². The van der Waals surface area contributed by atoms with Gasteiger partial charge in [0.2, 0.25) is 10.0 Å². The molecule has 0 aliphatic carbocycles. The SMILES string of the molecule is Cc1cc(NC(=O)c2c3c(cn2C)S(=O)(=O)N(C(C)C)CC3)ccc1F. The Bertz CT molecular complexity index is 980. The summed E-state index contributed by atoms with van der Waals surface area (Å²) >= 11 is 0. The van der Waals surface area contributed by atoms with Gasteiger partial charge in [0.1, 0.15) is 16.4 Å². The molecule has 6 nitrogen and oxygen atoms in total. The fourth-order valence-electron chi connectivity index (χ4n) is 3.33. The first kappa shape index (κ1) is 18.6. The highest BCUT2D eigenvalue weighted by atomic mass is 32.2. The Labute approximate surface area is 152 Å². The molecule has 0 unspecified atom stereocenters. The van der Waals surface area contributed by atoms with Crippen molar-refractivity contribution in [3.63, 3.8) is 0 Å². The minimum absolute atomic E-state index is 0.146. The third kappa shape index (κ3) is 3.03. The fourth-order valence-corrected chi connectivity index (χ4v) is 5.27. The molecule has 26 heavy (non-hydrogen) atoms. The minimum Gasteiger partial charge on any atom is -0.345 e. The Morgan fingerprint density at radius 1 is 1.31 bits per heavy atom. The summed E-state index contributed by atoms with van der Waals surface area (Å²) in [7, 11) is -1.97. The van der Waals surface area contributed by atoms with Crippen molar-refractivity contribution in [1.82, 2.24) is 8.87 Å². The van der Waals surface area contributed by atoms with Crippen LogP contribution in [0.25, 0.3) is 0 Å². The van der Waals surface area contributed by atoms with E-state index in [4.69, 9.17) is 0 Å². The Kier molecular flexibility index (Phi) is 4.66. The molecule has 1 aliphatic heterocycles. The van der Waals surface area contributed by atoms with Gasteiger partial charge >= 0.3 is 0 Å². The molecule has 1 N–H and O–H groups in total. The predicted octanol–water partition coefficient (Wildman–Crippen LogP) is 2.68. The third-order valence-corrected chi connectivity index (χ3v) is 6.75. The Morgan fingerprint density at radius 2 is 2.00 bits per heavy atom. The number of rotatable bonds is 3. The van der Waals surface area contributed by atoms with Gasteiger partial charge in [-0.3, -0.25) is 4.79 Å². The lowest BCUT2D eigenvalue weighted by atomic mass is 10.1. The van der Waals surface area contributed by atoms with Crippen molar-refractivity contribution in [1.29, 1.82) is 0 Å². The van der Waals surface area contributed by atoms with E-state index in [1.807, 2.05) is 13.8 Å². The number of anilines is 1.